The summed E-state index contributed by atoms with van der Waals surface area (Å²) >= 11 is 19.0. The van der Waals surface area contributed by atoms with Gasteiger partial charge in [0.05, 0.1) is 29.8 Å². The highest BCUT2D eigenvalue weighted by Gasteiger charge is 2.60. The molecule has 0 bridgehead atoms. The van der Waals surface area contributed by atoms with Crippen LogP contribution in [0.5, 0.6) is 0 Å². The first-order valence-corrected chi connectivity index (χ1v) is 13.4. The van der Waals surface area contributed by atoms with Crippen molar-refractivity contribution < 1.29 is 19.4 Å². The number of aliphatic hydroxyl groups excluding tert-OH is 2. The molecule has 0 radical (unpaired) electrons. The van der Waals surface area contributed by atoms with E-state index < -0.39 is 41.9 Å². The van der Waals surface area contributed by atoms with Crippen molar-refractivity contribution in [2.24, 2.45) is 5.41 Å². The number of benzene rings is 2. The number of Topliss-reactive ketones (excluding diaryl/α,β-unsaturated/α-hetero) is 1. The second-order valence-electron chi connectivity index (χ2n) is 10.9. The summed E-state index contributed by atoms with van der Waals surface area (Å²) in [5.41, 5.74) is -1.07. The van der Waals surface area contributed by atoms with Crippen LogP contribution in [0.25, 0.3) is 0 Å². The van der Waals surface area contributed by atoms with Gasteiger partial charge in [-0.15, -0.1) is 0 Å². The highest BCUT2D eigenvalue weighted by molar-refractivity contribution is 6.35. The maximum absolute atomic E-state index is 15.6. The molecular formula is C28H32Cl3FN2O3. The molecule has 200 valence electrons. The second kappa shape index (κ2) is 12.0. The van der Waals surface area contributed by atoms with Gasteiger partial charge >= 0.3 is 0 Å². The van der Waals surface area contributed by atoms with Gasteiger partial charge in [0.25, 0.3) is 0 Å². The first-order chi connectivity index (χ1) is 17.4. The molecule has 0 unspecified atom stereocenters. The summed E-state index contributed by atoms with van der Waals surface area (Å²) in [6, 6.07) is 10.4. The molecule has 3 N–H and O–H groups in total. The van der Waals surface area contributed by atoms with Crippen LogP contribution >= 0.6 is 34.8 Å². The molecule has 1 heterocycles. The van der Waals surface area contributed by atoms with Crippen LogP contribution in [-0.4, -0.2) is 40.8 Å². The Kier molecular flexibility index (Phi) is 9.66. The molecule has 2 aromatic rings. The Labute approximate surface area is 232 Å². The number of aliphatic hydroxyl groups is 2. The van der Waals surface area contributed by atoms with Gasteiger partial charge in [0.15, 0.2) is 0 Å². The van der Waals surface area contributed by atoms with Gasteiger partial charge in [-0.3, -0.25) is 4.79 Å². The summed E-state index contributed by atoms with van der Waals surface area (Å²) in [5.74, 6) is -1.86. The van der Waals surface area contributed by atoms with E-state index in [1.165, 1.54) is 6.07 Å². The van der Waals surface area contributed by atoms with E-state index in [1.54, 1.807) is 30.3 Å². The minimum absolute atomic E-state index is 0.0749. The molecule has 0 amide bonds. The zero-order chi connectivity index (χ0) is 27.5. The van der Waals surface area contributed by atoms with Crippen LogP contribution in [-0.2, 0) is 10.2 Å². The van der Waals surface area contributed by atoms with Gasteiger partial charge in [-0.2, -0.15) is 5.26 Å². The molecule has 1 aliphatic rings. The van der Waals surface area contributed by atoms with E-state index >= 15 is 4.39 Å². The summed E-state index contributed by atoms with van der Waals surface area (Å²) < 4.78 is 15.6. The van der Waals surface area contributed by atoms with Crippen LogP contribution in [0, 0.1) is 22.6 Å². The third kappa shape index (κ3) is 6.30. The van der Waals surface area contributed by atoms with E-state index in [0.717, 1.165) is 0 Å². The number of ketones is 1. The summed E-state index contributed by atoms with van der Waals surface area (Å²) in [5, 5.41) is 33.6. The van der Waals surface area contributed by atoms with Crippen LogP contribution in [0.1, 0.15) is 63.5 Å². The maximum atomic E-state index is 15.6. The van der Waals surface area contributed by atoms with Crippen LogP contribution in [0.2, 0.25) is 15.1 Å². The summed E-state index contributed by atoms with van der Waals surface area (Å²) in [7, 11) is 0. The van der Waals surface area contributed by atoms with E-state index in [0.29, 0.717) is 23.4 Å². The molecule has 1 aliphatic heterocycles. The number of carbonyl (C=O) groups is 1. The van der Waals surface area contributed by atoms with Crippen molar-refractivity contribution in [1.29, 1.82) is 5.26 Å². The van der Waals surface area contributed by atoms with Gasteiger partial charge in [-0.1, -0.05) is 73.8 Å². The lowest BCUT2D eigenvalue weighted by Gasteiger charge is -2.38. The number of carbonyl (C=O) groups excluding carboxylic acids is 1. The Bertz CT molecular complexity index is 1180. The first-order valence-electron chi connectivity index (χ1n) is 12.2. The van der Waals surface area contributed by atoms with Crippen LogP contribution < -0.4 is 5.32 Å². The Morgan fingerprint density at radius 3 is 2.51 bits per heavy atom. The minimum Gasteiger partial charge on any atom is -0.394 e. The number of hydrogen-bond acceptors (Lipinski definition) is 5. The van der Waals surface area contributed by atoms with Crippen molar-refractivity contribution in [2.45, 2.75) is 76.0 Å². The predicted octanol–water partition coefficient (Wildman–Crippen LogP) is 6.20. The molecule has 3 rings (SSSR count). The fourth-order valence-electron chi connectivity index (χ4n) is 5.37. The maximum Gasteiger partial charge on any atom is 0.150 e. The molecule has 2 aromatic carbocycles. The Balaban J connectivity index is 2.24. The van der Waals surface area contributed by atoms with Crippen molar-refractivity contribution >= 4 is 40.6 Å². The van der Waals surface area contributed by atoms with Crippen molar-refractivity contribution in [3.05, 3.63) is 68.4 Å². The Morgan fingerprint density at radius 1 is 1.22 bits per heavy atom. The average molecular weight is 570 g/mol. The van der Waals surface area contributed by atoms with E-state index in [1.807, 2.05) is 20.8 Å². The van der Waals surface area contributed by atoms with Gasteiger partial charge in [-0.25, -0.2) is 4.39 Å². The number of nitrogens with zero attached hydrogens (tertiary/aromatic N) is 1. The average Bonchev–Trinajstić information content (AvgIpc) is 3.13. The third-order valence-corrected chi connectivity index (χ3v) is 7.81. The quantitative estimate of drug-likeness (QED) is 0.334. The molecule has 1 fully saturated rings. The summed E-state index contributed by atoms with van der Waals surface area (Å²) in [4.78, 5) is 13.7. The fraction of sp³-hybridized carbons (Fsp3) is 0.500. The molecule has 37 heavy (non-hydrogen) atoms. The SMILES string of the molecule is CC(C)(C)C[C@@H]1N[C@@H](C(=O)CCC[C@H](O)CO)[C@H](c2cccc(Cl)c2F)[C@@]1(C#N)c1ccc(Cl)cc1Cl. The van der Waals surface area contributed by atoms with Crippen molar-refractivity contribution in [1.82, 2.24) is 5.32 Å². The molecule has 0 saturated carbocycles. The number of nitrogens with one attached hydrogen (secondary N) is 1. The van der Waals surface area contributed by atoms with Gasteiger partial charge in [0.1, 0.15) is 17.0 Å². The first kappa shape index (κ1) is 29.8. The molecular weight excluding hydrogens is 538 g/mol. The van der Waals surface area contributed by atoms with Crippen molar-refractivity contribution in [3.63, 3.8) is 0 Å². The third-order valence-electron chi connectivity index (χ3n) is 6.97. The lowest BCUT2D eigenvalue weighted by atomic mass is 9.62. The lowest BCUT2D eigenvalue weighted by molar-refractivity contribution is -0.121. The largest absolute Gasteiger partial charge is 0.394 e. The molecule has 1 saturated heterocycles. The van der Waals surface area contributed by atoms with E-state index in [9.17, 15) is 15.2 Å². The highest BCUT2D eigenvalue weighted by Crippen LogP contribution is 2.54. The molecule has 0 aliphatic carbocycles. The predicted molar refractivity (Wildman–Crippen MR) is 145 cm³/mol. The van der Waals surface area contributed by atoms with Crippen molar-refractivity contribution in [2.75, 3.05) is 6.61 Å². The van der Waals surface area contributed by atoms with Crippen LogP contribution in [0.15, 0.2) is 36.4 Å². The Hall–Kier alpha value is -1.72. The number of hydrogen-bond donors (Lipinski definition) is 3. The summed E-state index contributed by atoms with van der Waals surface area (Å²) in [6.07, 6.45) is 0.208. The molecule has 5 atom stereocenters. The molecule has 0 aromatic heterocycles. The standard InChI is InChI=1S/C28H32Cl3FN2O3/c1-27(2,3)13-23-28(15-33,19-11-10-16(29)12-21(19)31)24(18-7-5-8-20(30)25(18)32)26(34-23)22(37)9-4-6-17(36)14-35/h5,7-8,10-12,17,23-24,26,34-36H,4,6,9,13-14H2,1-3H3/t17-,23-,24-,26-,28-/m0/s1. The van der Waals surface area contributed by atoms with Crippen LogP contribution in [0.3, 0.4) is 0 Å². The van der Waals surface area contributed by atoms with Gasteiger partial charge in [-0.05, 0) is 54.0 Å². The van der Waals surface area contributed by atoms with Crippen LogP contribution in [0.4, 0.5) is 4.39 Å². The second-order valence-corrected chi connectivity index (χ2v) is 12.1. The lowest BCUT2D eigenvalue weighted by Crippen LogP contribution is -2.44. The van der Waals surface area contributed by atoms with E-state index in [-0.39, 0.29) is 39.6 Å². The molecule has 5 nitrogen and oxygen atoms in total. The monoisotopic (exact) mass is 568 g/mol. The zero-order valence-corrected chi connectivity index (χ0v) is 23.3. The Morgan fingerprint density at radius 2 is 1.92 bits per heavy atom. The molecule has 0 spiro atoms. The van der Waals surface area contributed by atoms with E-state index in [4.69, 9.17) is 39.9 Å². The molecule has 9 heteroatoms. The number of nitriles is 1. The minimum atomic E-state index is -1.43. The van der Waals surface area contributed by atoms with Gasteiger partial charge < -0.3 is 15.5 Å². The number of halogens is 4. The van der Waals surface area contributed by atoms with Gasteiger partial charge in [0, 0.05) is 28.4 Å². The van der Waals surface area contributed by atoms with Crippen molar-refractivity contribution in [3.8, 4) is 6.07 Å². The number of rotatable bonds is 9. The van der Waals surface area contributed by atoms with E-state index in [2.05, 4.69) is 11.4 Å². The smallest absolute Gasteiger partial charge is 0.150 e. The topological polar surface area (TPSA) is 93.3 Å². The highest BCUT2D eigenvalue weighted by atomic mass is 35.5. The van der Waals surface area contributed by atoms with Gasteiger partial charge in [0.2, 0.25) is 0 Å². The zero-order valence-electron chi connectivity index (χ0n) is 21.1. The summed E-state index contributed by atoms with van der Waals surface area (Å²) in [6.45, 7) is 5.69. The normalized spacial score (nSPS) is 24.6. The fourth-order valence-corrected chi connectivity index (χ4v) is 6.11.